The highest BCUT2D eigenvalue weighted by Crippen LogP contribution is 2.08. The van der Waals surface area contributed by atoms with E-state index in [1.807, 2.05) is 18.9 Å². The maximum atomic E-state index is 11.5. The molecular weight excluding hydrogens is 150 g/mol. The topological polar surface area (TPSA) is 20.3 Å². The van der Waals surface area contributed by atoms with Gasteiger partial charge in [-0.3, -0.25) is 4.79 Å². The second kappa shape index (κ2) is 6.04. The van der Waals surface area contributed by atoms with Crippen molar-refractivity contribution in [1.82, 2.24) is 4.90 Å². The normalized spacial score (nSPS) is 12.7. The van der Waals surface area contributed by atoms with Crippen LogP contribution in [0.15, 0.2) is 0 Å². The van der Waals surface area contributed by atoms with Gasteiger partial charge in [-0.15, -0.1) is 0 Å². The lowest BCUT2D eigenvalue weighted by molar-refractivity contribution is -0.133. The summed E-state index contributed by atoms with van der Waals surface area (Å²) in [6.07, 6.45) is 3.14. The number of amides is 1. The molecule has 2 nitrogen and oxygen atoms in total. The molecule has 0 aliphatic rings. The average Bonchev–Trinajstić information content (AvgIpc) is 2.04. The number of hydrogen-bond acceptors (Lipinski definition) is 1. The molecule has 0 rings (SSSR count). The Morgan fingerprint density at radius 2 is 1.92 bits per heavy atom. The zero-order valence-electron chi connectivity index (χ0n) is 8.76. The predicted octanol–water partition coefficient (Wildman–Crippen LogP) is 2.29. The largest absolute Gasteiger partial charge is 0.346 e. The zero-order chi connectivity index (χ0) is 9.56. The van der Waals surface area contributed by atoms with Crippen molar-refractivity contribution in [3.05, 3.63) is 0 Å². The molecule has 2 heteroatoms. The zero-order valence-corrected chi connectivity index (χ0v) is 8.76. The van der Waals surface area contributed by atoms with Crippen LogP contribution in [-0.4, -0.2) is 24.4 Å². The Bertz CT molecular complexity index is 120. The van der Waals surface area contributed by atoms with E-state index < -0.39 is 0 Å². The molecule has 0 bridgehead atoms. The summed E-state index contributed by atoms with van der Waals surface area (Å²) in [6.45, 7) is 7.10. The summed E-state index contributed by atoms with van der Waals surface area (Å²) in [7, 11) is 1.89. The Balaban J connectivity index is 3.82. The van der Waals surface area contributed by atoms with Gasteiger partial charge in [-0.25, -0.2) is 0 Å². The fourth-order valence-corrected chi connectivity index (χ4v) is 1.38. The van der Waals surface area contributed by atoms with Crippen LogP contribution in [-0.2, 0) is 4.79 Å². The molecule has 1 amide bonds. The van der Waals surface area contributed by atoms with Crippen LogP contribution < -0.4 is 0 Å². The van der Waals surface area contributed by atoms with Crippen molar-refractivity contribution in [3.63, 3.8) is 0 Å². The van der Waals surface area contributed by atoms with Gasteiger partial charge in [0.2, 0.25) is 5.91 Å². The maximum Gasteiger partial charge on any atom is 0.225 e. The Morgan fingerprint density at radius 1 is 1.33 bits per heavy atom. The Hall–Kier alpha value is -0.530. The molecule has 1 unspecified atom stereocenters. The SMILES string of the molecule is CCCC(C)C(=O)N(C)CCC. The lowest BCUT2D eigenvalue weighted by Crippen LogP contribution is -2.32. The van der Waals surface area contributed by atoms with Gasteiger partial charge in [0.1, 0.15) is 0 Å². The van der Waals surface area contributed by atoms with E-state index in [4.69, 9.17) is 0 Å². The Morgan fingerprint density at radius 3 is 2.33 bits per heavy atom. The van der Waals surface area contributed by atoms with Gasteiger partial charge in [0.15, 0.2) is 0 Å². The first kappa shape index (κ1) is 11.5. The first-order chi connectivity index (χ1) is 5.63. The van der Waals surface area contributed by atoms with Crippen molar-refractivity contribution in [1.29, 1.82) is 0 Å². The minimum absolute atomic E-state index is 0.201. The van der Waals surface area contributed by atoms with Gasteiger partial charge in [0, 0.05) is 19.5 Å². The van der Waals surface area contributed by atoms with Crippen LogP contribution in [0.1, 0.15) is 40.0 Å². The molecule has 0 saturated heterocycles. The number of rotatable bonds is 5. The molecule has 12 heavy (non-hydrogen) atoms. The van der Waals surface area contributed by atoms with Crippen molar-refractivity contribution in [2.75, 3.05) is 13.6 Å². The molecule has 0 aromatic carbocycles. The molecule has 0 aliphatic carbocycles. The van der Waals surface area contributed by atoms with Gasteiger partial charge in [-0.1, -0.05) is 27.2 Å². The van der Waals surface area contributed by atoms with E-state index in [-0.39, 0.29) is 5.92 Å². The first-order valence-corrected chi connectivity index (χ1v) is 4.88. The van der Waals surface area contributed by atoms with Crippen LogP contribution >= 0.6 is 0 Å². The lowest BCUT2D eigenvalue weighted by atomic mass is 10.1. The van der Waals surface area contributed by atoms with E-state index in [2.05, 4.69) is 13.8 Å². The smallest absolute Gasteiger partial charge is 0.225 e. The molecule has 0 radical (unpaired) electrons. The van der Waals surface area contributed by atoms with E-state index in [0.717, 1.165) is 25.8 Å². The molecule has 0 heterocycles. The second-order valence-corrected chi connectivity index (χ2v) is 3.45. The summed E-state index contributed by atoms with van der Waals surface area (Å²) in [4.78, 5) is 13.4. The van der Waals surface area contributed by atoms with Gasteiger partial charge in [-0.05, 0) is 12.8 Å². The average molecular weight is 171 g/mol. The van der Waals surface area contributed by atoms with Crippen LogP contribution in [0.4, 0.5) is 0 Å². The molecule has 0 fully saturated rings. The molecule has 72 valence electrons. The van der Waals surface area contributed by atoms with Crippen LogP contribution in [0, 0.1) is 5.92 Å². The maximum absolute atomic E-state index is 11.5. The van der Waals surface area contributed by atoms with Crippen LogP contribution in [0.3, 0.4) is 0 Å². The lowest BCUT2D eigenvalue weighted by Gasteiger charge is -2.20. The third-order valence-corrected chi connectivity index (χ3v) is 2.08. The van der Waals surface area contributed by atoms with Gasteiger partial charge in [0.05, 0.1) is 0 Å². The number of nitrogens with zero attached hydrogens (tertiary/aromatic N) is 1. The quantitative estimate of drug-likeness (QED) is 0.621. The van der Waals surface area contributed by atoms with E-state index in [0.29, 0.717) is 5.91 Å². The van der Waals surface area contributed by atoms with Crippen molar-refractivity contribution in [2.45, 2.75) is 40.0 Å². The molecule has 0 N–H and O–H groups in total. The highest BCUT2D eigenvalue weighted by molar-refractivity contribution is 5.78. The molecule has 0 aromatic rings. The molecule has 0 aliphatic heterocycles. The van der Waals surface area contributed by atoms with Crippen LogP contribution in [0.2, 0.25) is 0 Å². The summed E-state index contributed by atoms with van der Waals surface area (Å²) < 4.78 is 0. The monoisotopic (exact) mass is 171 g/mol. The van der Waals surface area contributed by atoms with Crippen molar-refractivity contribution < 1.29 is 4.79 Å². The van der Waals surface area contributed by atoms with Crippen molar-refractivity contribution in [3.8, 4) is 0 Å². The number of carbonyl (C=O) groups is 1. The fraction of sp³-hybridized carbons (Fsp3) is 0.900. The highest BCUT2D eigenvalue weighted by Gasteiger charge is 2.14. The molecule has 0 spiro atoms. The number of carbonyl (C=O) groups excluding carboxylic acids is 1. The second-order valence-electron chi connectivity index (χ2n) is 3.45. The molecular formula is C10H21NO. The van der Waals surface area contributed by atoms with Gasteiger partial charge in [0.25, 0.3) is 0 Å². The summed E-state index contributed by atoms with van der Waals surface area (Å²) in [5, 5.41) is 0. The first-order valence-electron chi connectivity index (χ1n) is 4.88. The van der Waals surface area contributed by atoms with E-state index in [1.54, 1.807) is 0 Å². The molecule has 1 atom stereocenters. The fourth-order valence-electron chi connectivity index (χ4n) is 1.38. The number of hydrogen-bond donors (Lipinski definition) is 0. The Kier molecular flexibility index (Phi) is 5.77. The Labute approximate surface area is 75.9 Å². The molecule has 0 aromatic heterocycles. The summed E-state index contributed by atoms with van der Waals surface area (Å²) >= 11 is 0. The van der Waals surface area contributed by atoms with Crippen LogP contribution in [0.5, 0.6) is 0 Å². The highest BCUT2D eigenvalue weighted by atomic mass is 16.2. The summed E-state index contributed by atoms with van der Waals surface area (Å²) in [5.41, 5.74) is 0. The standard InChI is InChI=1S/C10H21NO/c1-5-7-9(3)10(12)11(4)8-6-2/h9H,5-8H2,1-4H3. The van der Waals surface area contributed by atoms with Crippen molar-refractivity contribution in [2.24, 2.45) is 5.92 Å². The van der Waals surface area contributed by atoms with Gasteiger partial charge < -0.3 is 4.90 Å². The van der Waals surface area contributed by atoms with E-state index in [1.165, 1.54) is 0 Å². The molecule has 0 saturated carbocycles. The predicted molar refractivity (Wildman–Crippen MR) is 52.0 cm³/mol. The third-order valence-electron chi connectivity index (χ3n) is 2.08. The summed E-state index contributed by atoms with van der Waals surface area (Å²) in [6, 6.07) is 0. The minimum Gasteiger partial charge on any atom is -0.346 e. The van der Waals surface area contributed by atoms with E-state index in [9.17, 15) is 4.79 Å². The van der Waals surface area contributed by atoms with Crippen LogP contribution in [0.25, 0.3) is 0 Å². The van der Waals surface area contributed by atoms with Gasteiger partial charge >= 0.3 is 0 Å². The third kappa shape index (κ3) is 3.74. The van der Waals surface area contributed by atoms with E-state index >= 15 is 0 Å². The summed E-state index contributed by atoms with van der Waals surface area (Å²) in [5.74, 6) is 0.491. The van der Waals surface area contributed by atoms with Crippen molar-refractivity contribution >= 4 is 5.91 Å². The van der Waals surface area contributed by atoms with Gasteiger partial charge in [-0.2, -0.15) is 0 Å². The minimum atomic E-state index is 0.201.